The lowest BCUT2D eigenvalue weighted by Crippen LogP contribution is -2.51. The van der Waals surface area contributed by atoms with Gasteiger partial charge >= 0.3 is 12.2 Å². The summed E-state index contributed by atoms with van der Waals surface area (Å²) in [6.45, 7) is 1.07. The molecule has 58 heavy (non-hydrogen) atoms. The number of aromatic amines is 2. The molecule has 4 aliphatic rings. The van der Waals surface area contributed by atoms with Gasteiger partial charge in [-0.2, -0.15) is 0 Å². The fraction of sp³-hybridized carbons (Fsp3) is 0.455. The Morgan fingerprint density at radius 2 is 1.10 bits per heavy atom. The number of rotatable bonds is 11. The molecule has 2 aliphatic heterocycles. The highest BCUT2D eigenvalue weighted by Crippen LogP contribution is 2.37. The average molecular weight is 789 g/mol. The minimum absolute atomic E-state index is 0.0653. The number of H-pyrrole nitrogens is 2. The summed E-state index contributed by atoms with van der Waals surface area (Å²) in [7, 11) is 2.64. The number of benzene rings is 2. The Bertz CT molecular complexity index is 2110. The van der Waals surface area contributed by atoms with Crippen molar-refractivity contribution in [3.63, 3.8) is 0 Å². The molecule has 4 N–H and O–H groups in total. The van der Waals surface area contributed by atoms with Gasteiger partial charge < -0.3 is 39.9 Å². The molecule has 0 bridgehead atoms. The van der Waals surface area contributed by atoms with Crippen LogP contribution in [-0.4, -0.2) is 93.1 Å². The van der Waals surface area contributed by atoms with Gasteiger partial charge in [-0.3, -0.25) is 9.59 Å². The maximum absolute atomic E-state index is 13.9. The number of aromatic nitrogens is 4. The van der Waals surface area contributed by atoms with E-state index in [0.29, 0.717) is 18.9 Å². The van der Waals surface area contributed by atoms with Crippen molar-refractivity contribution < 1.29 is 28.7 Å². The van der Waals surface area contributed by atoms with E-state index in [-0.39, 0.29) is 35.7 Å². The van der Waals surface area contributed by atoms with Gasteiger partial charge in [-0.25, -0.2) is 19.6 Å². The molecule has 2 saturated carbocycles. The van der Waals surface area contributed by atoms with Gasteiger partial charge in [-0.1, -0.05) is 86.4 Å². The highest BCUT2D eigenvalue weighted by molar-refractivity contribution is 5.87. The zero-order valence-corrected chi connectivity index (χ0v) is 33.1. The zero-order valence-electron chi connectivity index (χ0n) is 33.1. The largest absolute Gasteiger partial charge is 0.453 e. The Balaban J connectivity index is 0.915. The van der Waals surface area contributed by atoms with Crippen LogP contribution in [0.5, 0.6) is 0 Å². The van der Waals surface area contributed by atoms with E-state index in [1.54, 1.807) is 11.1 Å². The molecule has 4 aromatic rings. The fourth-order valence-electron chi connectivity index (χ4n) is 9.35. The third kappa shape index (κ3) is 8.09. The van der Waals surface area contributed by atoms with Crippen LogP contribution in [0.3, 0.4) is 0 Å². The summed E-state index contributed by atoms with van der Waals surface area (Å²) in [5, 5.41) is 5.65. The number of hydrogen-bond acceptors (Lipinski definition) is 8. The van der Waals surface area contributed by atoms with E-state index in [0.717, 1.165) is 104 Å². The maximum atomic E-state index is 13.9. The molecule has 1 unspecified atom stereocenters. The van der Waals surface area contributed by atoms with E-state index in [2.05, 4.69) is 74.1 Å². The summed E-state index contributed by atoms with van der Waals surface area (Å²) in [4.78, 5) is 72.1. The summed E-state index contributed by atoms with van der Waals surface area (Å²) in [5.74, 6) is 1.41. The highest BCUT2D eigenvalue weighted by Gasteiger charge is 2.41. The molecule has 0 radical (unpaired) electrons. The van der Waals surface area contributed by atoms with Crippen LogP contribution < -0.4 is 10.6 Å². The van der Waals surface area contributed by atoms with Crippen LogP contribution in [0.4, 0.5) is 9.59 Å². The second-order valence-electron chi connectivity index (χ2n) is 15.9. The van der Waals surface area contributed by atoms with Crippen molar-refractivity contribution in [2.75, 3.05) is 27.3 Å². The third-order valence-corrected chi connectivity index (χ3v) is 12.5. The Morgan fingerprint density at radius 3 is 1.62 bits per heavy atom. The molecule has 304 valence electrons. The van der Waals surface area contributed by atoms with Crippen molar-refractivity contribution in [1.29, 1.82) is 0 Å². The van der Waals surface area contributed by atoms with Gasteiger partial charge in [0.05, 0.1) is 44.0 Å². The quantitative estimate of drug-likeness (QED) is 0.117. The number of alkyl carbamates (subject to hydrolysis) is 2. The van der Waals surface area contributed by atoms with Gasteiger partial charge in [0, 0.05) is 13.1 Å². The number of methoxy groups -OCH3 is 2. The number of amides is 4. The monoisotopic (exact) mass is 788 g/mol. The van der Waals surface area contributed by atoms with Gasteiger partial charge in [-0.15, -0.1) is 0 Å². The molecule has 1 saturated heterocycles. The predicted octanol–water partition coefficient (Wildman–Crippen LogP) is 7.07. The van der Waals surface area contributed by atoms with Crippen molar-refractivity contribution in [1.82, 2.24) is 40.4 Å². The second kappa shape index (κ2) is 17.3. The Labute approximate surface area is 338 Å². The summed E-state index contributed by atoms with van der Waals surface area (Å²) < 4.78 is 9.71. The van der Waals surface area contributed by atoms with E-state index < -0.39 is 24.3 Å². The zero-order chi connectivity index (χ0) is 40.2. The Kier molecular flexibility index (Phi) is 11.6. The molecule has 4 amide bonds. The molecule has 2 aromatic carbocycles. The highest BCUT2D eigenvalue weighted by atomic mass is 16.5. The van der Waals surface area contributed by atoms with E-state index in [4.69, 9.17) is 14.5 Å². The lowest BCUT2D eigenvalue weighted by Gasteiger charge is -2.31. The minimum Gasteiger partial charge on any atom is -0.453 e. The first-order valence-corrected chi connectivity index (χ1v) is 20.6. The fourth-order valence-corrected chi connectivity index (χ4v) is 9.35. The van der Waals surface area contributed by atoms with Crippen LogP contribution >= 0.6 is 0 Å². The maximum Gasteiger partial charge on any atom is 0.407 e. The molecular weight excluding hydrogens is 737 g/mol. The third-order valence-electron chi connectivity index (χ3n) is 12.5. The van der Waals surface area contributed by atoms with Gasteiger partial charge in [0.25, 0.3) is 0 Å². The predicted molar refractivity (Wildman–Crippen MR) is 217 cm³/mol. The van der Waals surface area contributed by atoms with Gasteiger partial charge in [-0.05, 0) is 72.6 Å². The Hall–Kier alpha value is -5.92. The summed E-state index contributed by atoms with van der Waals surface area (Å²) in [5.41, 5.74) is 5.79. The van der Waals surface area contributed by atoms with Crippen LogP contribution in [0, 0.1) is 11.8 Å². The standard InChI is InChI=1S/C44H52N8O6/c1-57-43(55)49-37(31-9-3-4-10-31)41(53)51-23-7-13-35(51)39-45-25-33(47-39)29-19-15-27(16-20-29)28-17-21-30(22-18-28)34-26-46-40(48-34)36-14-8-24-52(36)42(54)38(50-44(56)58-2)32-11-5-6-12-32/h7,13,15-22,25-26,31-32,35-38H,3-6,8-12,14,23-24H2,1-2H3,(H,45,47)(H,46,48)(H,49,55)(H,50,56)/t35-,36-,37?,38-/m0/s1. The second-order valence-corrected chi connectivity index (χ2v) is 15.9. The molecule has 2 aliphatic carbocycles. The van der Waals surface area contributed by atoms with E-state index >= 15 is 0 Å². The molecule has 14 heteroatoms. The molecule has 4 atom stereocenters. The number of carbonyl (C=O) groups excluding carboxylic acids is 4. The van der Waals surface area contributed by atoms with Crippen molar-refractivity contribution in [3.05, 3.63) is 84.7 Å². The smallest absolute Gasteiger partial charge is 0.407 e. The van der Waals surface area contributed by atoms with Crippen LogP contribution in [0.25, 0.3) is 33.6 Å². The van der Waals surface area contributed by atoms with Crippen LogP contribution in [0.1, 0.15) is 87.9 Å². The number of hydrogen-bond donors (Lipinski definition) is 4. The van der Waals surface area contributed by atoms with Gasteiger partial charge in [0.15, 0.2) is 0 Å². The molecule has 2 aromatic heterocycles. The van der Waals surface area contributed by atoms with Crippen molar-refractivity contribution in [2.24, 2.45) is 11.8 Å². The summed E-state index contributed by atoms with van der Waals surface area (Å²) >= 11 is 0. The molecule has 4 heterocycles. The molecule has 8 rings (SSSR count). The number of nitrogens with zero attached hydrogens (tertiary/aromatic N) is 4. The van der Waals surface area contributed by atoms with Crippen LogP contribution in [0.15, 0.2) is 73.1 Å². The number of carbonyl (C=O) groups is 4. The summed E-state index contributed by atoms with van der Waals surface area (Å²) in [6, 6.07) is 14.8. The number of nitrogens with one attached hydrogen (secondary N) is 4. The van der Waals surface area contributed by atoms with Crippen molar-refractivity contribution in [3.8, 4) is 33.6 Å². The lowest BCUT2D eigenvalue weighted by molar-refractivity contribution is -0.136. The molecule has 14 nitrogen and oxygen atoms in total. The SMILES string of the molecule is COC(=O)NC(C(=O)N1CC=C[C@H]1c1ncc(-c2ccc(-c3ccc(-c4cnc([C@@H]5CCCN5C(=O)[C@@H](NC(=O)OC)C5CCCC5)[nH]4)cc3)cc2)[nH]1)C1CCCC1. The van der Waals surface area contributed by atoms with E-state index in [9.17, 15) is 19.2 Å². The first-order valence-electron chi connectivity index (χ1n) is 20.6. The van der Waals surface area contributed by atoms with Gasteiger partial charge in [0.2, 0.25) is 11.8 Å². The first-order chi connectivity index (χ1) is 28.3. The first kappa shape index (κ1) is 38.9. The molecule has 3 fully saturated rings. The average Bonchev–Trinajstić information content (AvgIpc) is 4.11. The normalized spacial score (nSPS) is 20.7. The number of ether oxygens (including phenoxy) is 2. The van der Waals surface area contributed by atoms with E-state index in [1.165, 1.54) is 14.2 Å². The minimum atomic E-state index is -0.636. The number of imidazole rings is 2. The number of likely N-dealkylation sites (tertiary alicyclic amines) is 1. The van der Waals surface area contributed by atoms with Crippen LogP contribution in [-0.2, 0) is 19.1 Å². The van der Waals surface area contributed by atoms with Gasteiger partial charge in [0.1, 0.15) is 29.8 Å². The van der Waals surface area contributed by atoms with Crippen molar-refractivity contribution >= 4 is 24.0 Å². The summed E-state index contributed by atoms with van der Waals surface area (Å²) in [6.07, 6.45) is 15.9. The lowest BCUT2D eigenvalue weighted by atomic mass is 9.96. The Morgan fingerprint density at radius 1 is 0.638 bits per heavy atom. The molecular formula is C44H52N8O6. The van der Waals surface area contributed by atoms with Crippen LogP contribution in [0.2, 0.25) is 0 Å². The van der Waals surface area contributed by atoms with Crippen molar-refractivity contribution in [2.45, 2.75) is 88.4 Å². The van der Waals surface area contributed by atoms with E-state index in [1.807, 2.05) is 23.2 Å². The topological polar surface area (TPSA) is 175 Å². The molecule has 0 spiro atoms.